The van der Waals surface area contributed by atoms with Gasteiger partial charge in [0.15, 0.2) is 0 Å². The Balaban J connectivity index is 2.15. The molecule has 84 valence electrons. The quantitative estimate of drug-likeness (QED) is 0.821. The molecule has 15 heavy (non-hydrogen) atoms. The van der Waals surface area contributed by atoms with Crippen LogP contribution in [0.1, 0.15) is 38.1 Å². The molecule has 1 aliphatic carbocycles. The lowest BCUT2D eigenvalue weighted by atomic mass is 9.94. The van der Waals surface area contributed by atoms with Gasteiger partial charge in [0.05, 0.1) is 11.3 Å². The van der Waals surface area contributed by atoms with Crippen molar-refractivity contribution in [1.82, 2.24) is 9.78 Å². The number of rotatable bonds is 4. The van der Waals surface area contributed by atoms with Crippen molar-refractivity contribution in [1.29, 1.82) is 0 Å². The molecule has 0 bridgehead atoms. The second-order valence-electron chi connectivity index (χ2n) is 4.90. The summed E-state index contributed by atoms with van der Waals surface area (Å²) < 4.78 is 1.99. The van der Waals surface area contributed by atoms with Gasteiger partial charge in [-0.15, -0.1) is 0 Å². The van der Waals surface area contributed by atoms with Crippen molar-refractivity contribution in [2.45, 2.75) is 52.2 Å². The van der Waals surface area contributed by atoms with E-state index in [9.17, 15) is 5.11 Å². The Morgan fingerprint density at radius 2 is 2.27 bits per heavy atom. The average molecular weight is 208 g/mol. The molecule has 1 atom stereocenters. The average Bonchev–Trinajstić information content (AvgIpc) is 2.92. The van der Waals surface area contributed by atoms with Gasteiger partial charge in [-0.2, -0.15) is 5.10 Å². The van der Waals surface area contributed by atoms with E-state index >= 15 is 0 Å². The molecule has 1 N–H and O–H groups in total. The van der Waals surface area contributed by atoms with E-state index in [4.69, 9.17) is 0 Å². The van der Waals surface area contributed by atoms with E-state index < -0.39 is 5.60 Å². The highest BCUT2D eigenvalue weighted by molar-refractivity contribution is 5.13. The second-order valence-corrected chi connectivity index (χ2v) is 4.90. The van der Waals surface area contributed by atoms with E-state index in [1.54, 1.807) is 0 Å². The fraction of sp³-hybridized carbons (Fsp3) is 0.750. The van der Waals surface area contributed by atoms with E-state index in [2.05, 4.69) is 18.1 Å². The molecule has 1 aromatic rings. The molecule has 1 fully saturated rings. The summed E-state index contributed by atoms with van der Waals surface area (Å²) in [6.45, 7) is 6.92. The molecule has 0 spiro atoms. The third-order valence-electron chi connectivity index (χ3n) is 3.28. The first kappa shape index (κ1) is 10.7. The van der Waals surface area contributed by atoms with Gasteiger partial charge in [0, 0.05) is 18.7 Å². The topological polar surface area (TPSA) is 38.0 Å². The summed E-state index contributed by atoms with van der Waals surface area (Å²) in [6, 6.07) is 2.08. The van der Waals surface area contributed by atoms with Crippen LogP contribution in [0.4, 0.5) is 0 Å². The minimum absolute atomic E-state index is 0.498. The van der Waals surface area contributed by atoms with Crippen molar-refractivity contribution in [3.8, 4) is 0 Å². The molecule has 1 aliphatic rings. The molecule has 2 rings (SSSR count). The SMILES string of the molecule is CCn1nc(C)cc1CC(C)(O)C1CC1. The lowest BCUT2D eigenvalue weighted by molar-refractivity contribution is 0.0352. The Hall–Kier alpha value is -0.830. The molecule has 1 heterocycles. The third kappa shape index (κ3) is 2.23. The fourth-order valence-corrected chi connectivity index (χ4v) is 2.23. The molecule has 1 aromatic heterocycles. The maximum atomic E-state index is 10.3. The van der Waals surface area contributed by atoms with Crippen molar-refractivity contribution in [2.24, 2.45) is 5.92 Å². The number of aliphatic hydroxyl groups is 1. The second kappa shape index (κ2) is 3.63. The molecule has 0 aliphatic heterocycles. The molecule has 0 radical (unpaired) electrons. The first-order valence-electron chi connectivity index (χ1n) is 5.78. The van der Waals surface area contributed by atoms with E-state index in [0.717, 1.165) is 24.4 Å². The Morgan fingerprint density at radius 1 is 1.60 bits per heavy atom. The van der Waals surface area contributed by atoms with Crippen LogP contribution >= 0.6 is 0 Å². The molecule has 0 aromatic carbocycles. The van der Waals surface area contributed by atoms with E-state index in [-0.39, 0.29) is 0 Å². The van der Waals surface area contributed by atoms with Crippen molar-refractivity contribution in [3.63, 3.8) is 0 Å². The van der Waals surface area contributed by atoms with Gasteiger partial charge < -0.3 is 5.11 Å². The van der Waals surface area contributed by atoms with E-state index in [0.29, 0.717) is 5.92 Å². The van der Waals surface area contributed by atoms with Gasteiger partial charge >= 0.3 is 0 Å². The first-order valence-corrected chi connectivity index (χ1v) is 5.78. The molecular formula is C12H20N2O. The van der Waals surface area contributed by atoms with Crippen LogP contribution in [0.2, 0.25) is 0 Å². The summed E-state index contributed by atoms with van der Waals surface area (Å²) in [4.78, 5) is 0. The molecule has 3 nitrogen and oxygen atoms in total. The summed E-state index contributed by atoms with van der Waals surface area (Å²) >= 11 is 0. The number of hydrogen-bond donors (Lipinski definition) is 1. The summed E-state index contributed by atoms with van der Waals surface area (Å²) in [6.07, 6.45) is 3.07. The van der Waals surface area contributed by atoms with Crippen LogP contribution in [0, 0.1) is 12.8 Å². The van der Waals surface area contributed by atoms with Crippen molar-refractivity contribution >= 4 is 0 Å². The van der Waals surface area contributed by atoms with Crippen LogP contribution in [-0.2, 0) is 13.0 Å². The van der Waals surface area contributed by atoms with Gasteiger partial charge in [-0.05, 0) is 45.6 Å². The standard InChI is InChI=1S/C12H20N2O/c1-4-14-11(7-9(2)13-14)8-12(3,15)10-5-6-10/h7,10,15H,4-6,8H2,1-3H3. The molecule has 0 saturated heterocycles. The molecule has 0 amide bonds. The monoisotopic (exact) mass is 208 g/mol. The van der Waals surface area contributed by atoms with Gasteiger partial charge in [0.25, 0.3) is 0 Å². The molecule has 1 unspecified atom stereocenters. The summed E-state index contributed by atoms with van der Waals surface area (Å²) in [5.74, 6) is 0.498. The van der Waals surface area contributed by atoms with Crippen LogP contribution in [0.15, 0.2) is 6.07 Å². The van der Waals surface area contributed by atoms with Gasteiger partial charge in [-0.25, -0.2) is 0 Å². The van der Waals surface area contributed by atoms with Crippen LogP contribution in [0.25, 0.3) is 0 Å². The Morgan fingerprint density at radius 3 is 2.80 bits per heavy atom. The third-order valence-corrected chi connectivity index (χ3v) is 3.28. The zero-order valence-corrected chi connectivity index (χ0v) is 9.82. The summed E-state index contributed by atoms with van der Waals surface area (Å²) in [5, 5.41) is 14.7. The normalized spacial score (nSPS) is 20.3. The fourth-order valence-electron chi connectivity index (χ4n) is 2.23. The Bertz CT molecular complexity index is 351. The Kier molecular flexibility index (Phi) is 2.59. The maximum absolute atomic E-state index is 10.3. The highest BCUT2D eigenvalue weighted by Crippen LogP contribution is 2.41. The predicted octanol–water partition coefficient (Wildman–Crippen LogP) is 1.91. The number of nitrogens with zero attached hydrogens (tertiary/aromatic N) is 2. The van der Waals surface area contributed by atoms with Gasteiger partial charge in [0.1, 0.15) is 0 Å². The number of aryl methyl sites for hydroxylation is 2. The van der Waals surface area contributed by atoms with Gasteiger partial charge in [-0.1, -0.05) is 0 Å². The van der Waals surface area contributed by atoms with E-state index in [1.807, 2.05) is 18.5 Å². The molecule has 1 saturated carbocycles. The lowest BCUT2D eigenvalue weighted by Gasteiger charge is -2.23. The summed E-state index contributed by atoms with van der Waals surface area (Å²) in [7, 11) is 0. The van der Waals surface area contributed by atoms with Crippen LogP contribution < -0.4 is 0 Å². The zero-order valence-electron chi connectivity index (χ0n) is 9.82. The van der Waals surface area contributed by atoms with Gasteiger partial charge in [0.2, 0.25) is 0 Å². The first-order chi connectivity index (χ1) is 7.03. The van der Waals surface area contributed by atoms with E-state index in [1.165, 1.54) is 12.8 Å². The van der Waals surface area contributed by atoms with Crippen molar-refractivity contribution in [3.05, 3.63) is 17.5 Å². The van der Waals surface area contributed by atoms with Crippen molar-refractivity contribution < 1.29 is 5.11 Å². The number of aromatic nitrogens is 2. The zero-order chi connectivity index (χ0) is 11.1. The molecular weight excluding hydrogens is 188 g/mol. The number of hydrogen-bond acceptors (Lipinski definition) is 2. The molecule has 3 heteroatoms. The predicted molar refractivity (Wildman–Crippen MR) is 59.7 cm³/mol. The van der Waals surface area contributed by atoms with Crippen LogP contribution in [0.5, 0.6) is 0 Å². The highest BCUT2D eigenvalue weighted by atomic mass is 16.3. The largest absolute Gasteiger partial charge is 0.389 e. The smallest absolute Gasteiger partial charge is 0.0702 e. The van der Waals surface area contributed by atoms with Crippen LogP contribution in [-0.4, -0.2) is 20.5 Å². The maximum Gasteiger partial charge on any atom is 0.0702 e. The minimum atomic E-state index is -0.542. The van der Waals surface area contributed by atoms with Crippen LogP contribution in [0.3, 0.4) is 0 Å². The summed E-state index contributed by atoms with van der Waals surface area (Å²) in [5.41, 5.74) is 1.66. The highest BCUT2D eigenvalue weighted by Gasteiger charge is 2.40. The van der Waals surface area contributed by atoms with Crippen molar-refractivity contribution in [2.75, 3.05) is 0 Å². The Labute approximate surface area is 91.1 Å². The minimum Gasteiger partial charge on any atom is -0.389 e. The van der Waals surface area contributed by atoms with Gasteiger partial charge in [-0.3, -0.25) is 4.68 Å². The lowest BCUT2D eigenvalue weighted by Crippen LogP contribution is -2.31.